The van der Waals surface area contributed by atoms with Gasteiger partial charge in [0.1, 0.15) is 11.6 Å². The number of carbonyl (C=O) groups excluding carboxylic acids is 2. The molecule has 2 aromatic carbocycles. The first-order valence-electron chi connectivity index (χ1n) is 9.93. The number of hydrogen-bond acceptors (Lipinski definition) is 5. The molecule has 0 aromatic heterocycles. The number of esters is 2. The van der Waals surface area contributed by atoms with Crippen molar-refractivity contribution in [3.05, 3.63) is 59.2 Å². The quantitative estimate of drug-likeness (QED) is 0.423. The maximum atomic E-state index is 14.2. The Morgan fingerprint density at radius 3 is 1.53 bits per heavy atom. The van der Waals surface area contributed by atoms with Crippen LogP contribution in [-0.2, 0) is 19.1 Å². The maximum absolute atomic E-state index is 14.2. The van der Waals surface area contributed by atoms with Gasteiger partial charge in [0.2, 0.25) is 6.04 Å². The highest BCUT2D eigenvalue weighted by Crippen LogP contribution is 2.32. The third-order valence-electron chi connectivity index (χ3n) is 4.21. The van der Waals surface area contributed by atoms with Crippen LogP contribution in [0.2, 0.25) is 0 Å². The highest BCUT2D eigenvalue weighted by molar-refractivity contribution is 6.04. The van der Waals surface area contributed by atoms with E-state index in [0.717, 1.165) is 0 Å². The van der Waals surface area contributed by atoms with Gasteiger partial charge in [-0.05, 0) is 74.2 Å². The summed E-state index contributed by atoms with van der Waals surface area (Å²) in [5.74, 6) is -2.79. The Hall–Kier alpha value is -2.96. The lowest BCUT2D eigenvalue weighted by molar-refractivity contribution is -0.156. The van der Waals surface area contributed by atoms with Crippen LogP contribution in [0.1, 0.15) is 37.8 Å². The van der Waals surface area contributed by atoms with Crippen LogP contribution in [0.25, 0.3) is 0 Å². The van der Waals surface area contributed by atoms with E-state index in [-0.39, 0.29) is 24.6 Å². The third-order valence-corrected chi connectivity index (χ3v) is 4.21. The normalized spacial score (nSPS) is 10.8. The predicted molar refractivity (Wildman–Crippen MR) is 111 cm³/mol. The van der Waals surface area contributed by atoms with E-state index in [2.05, 4.69) is 0 Å². The molecule has 0 saturated carbocycles. The highest BCUT2D eigenvalue weighted by atomic mass is 19.1. The summed E-state index contributed by atoms with van der Waals surface area (Å²) in [6, 6.07) is 6.66. The Kier molecular flexibility index (Phi) is 8.33. The molecule has 30 heavy (non-hydrogen) atoms. The minimum atomic E-state index is -1.55. The Morgan fingerprint density at radius 2 is 1.20 bits per heavy atom. The molecule has 7 heteroatoms. The minimum Gasteiger partial charge on any atom is -0.464 e. The molecule has 0 heterocycles. The summed E-state index contributed by atoms with van der Waals surface area (Å²) >= 11 is 0. The van der Waals surface area contributed by atoms with Crippen molar-refractivity contribution in [3.63, 3.8) is 0 Å². The van der Waals surface area contributed by atoms with Crippen LogP contribution in [0.5, 0.6) is 0 Å². The number of halogens is 2. The largest absolute Gasteiger partial charge is 0.464 e. The summed E-state index contributed by atoms with van der Waals surface area (Å²) in [6.45, 7) is 7.22. The second-order valence-electron chi connectivity index (χ2n) is 7.08. The van der Waals surface area contributed by atoms with E-state index in [9.17, 15) is 18.4 Å². The van der Waals surface area contributed by atoms with E-state index in [1.807, 2.05) is 13.8 Å². The first kappa shape index (κ1) is 23.3. The first-order chi connectivity index (χ1) is 14.3. The van der Waals surface area contributed by atoms with Crippen LogP contribution in [0, 0.1) is 25.5 Å². The molecule has 0 atom stereocenters. The fourth-order valence-electron chi connectivity index (χ4n) is 3.03. The van der Waals surface area contributed by atoms with Crippen molar-refractivity contribution in [3.8, 4) is 0 Å². The molecule has 0 bridgehead atoms. The van der Waals surface area contributed by atoms with E-state index in [0.29, 0.717) is 24.0 Å². The number of nitrogens with zero attached hydrogens (tertiary/aromatic N) is 1. The lowest BCUT2D eigenvalue weighted by atomic mass is 10.1. The number of benzene rings is 2. The Labute approximate surface area is 175 Å². The topological polar surface area (TPSA) is 55.8 Å². The second kappa shape index (κ2) is 10.7. The molecule has 2 rings (SSSR count). The zero-order chi connectivity index (χ0) is 22.3. The van der Waals surface area contributed by atoms with Crippen molar-refractivity contribution in [1.29, 1.82) is 0 Å². The monoisotopic (exact) mass is 419 g/mol. The molecule has 0 amide bonds. The highest BCUT2D eigenvalue weighted by Gasteiger charge is 2.38. The van der Waals surface area contributed by atoms with Crippen molar-refractivity contribution in [2.75, 3.05) is 18.1 Å². The van der Waals surface area contributed by atoms with Gasteiger partial charge in [0.25, 0.3) is 0 Å². The van der Waals surface area contributed by atoms with E-state index < -0.39 is 29.6 Å². The number of carbonyl (C=O) groups is 2. The van der Waals surface area contributed by atoms with Gasteiger partial charge in [0, 0.05) is 11.4 Å². The zero-order valence-electron chi connectivity index (χ0n) is 17.7. The molecule has 0 unspecified atom stereocenters. The van der Waals surface area contributed by atoms with Crippen molar-refractivity contribution in [2.24, 2.45) is 0 Å². The van der Waals surface area contributed by atoms with Crippen LogP contribution < -0.4 is 4.90 Å². The average molecular weight is 419 g/mol. The Morgan fingerprint density at radius 1 is 0.800 bits per heavy atom. The van der Waals surface area contributed by atoms with E-state index >= 15 is 0 Å². The van der Waals surface area contributed by atoms with Crippen molar-refractivity contribution in [1.82, 2.24) is 0 Å². The standard InChI is InChI=1S/C23H27F2NO4/c1-5-7-29-22(27)21(23(28)30-8-6-2)26(19-11-15(3)9-17(24)13-19)20-12-16(4)10-18(25)14-20/h9-14,21H,5-8H2,1-4H3. The third kappa shape index (κ3) is 6.02. The van der Waals surface area contributed by atoms with Crippen LogP contribution >= 0.6 is 0 Å². The summed E-state index contributed by atoms with van der Waals surface area (Å²) in [6.07, 6.45) is 1.11. The number of hydrogen-bond donors (Lipinski definition) is 0. The van der Waals surface area contributed by atoms with Gasteiger partial charge in [-0.15, -0.1) is 0 Å². The summed E-state index contributed by atoms with van der Waals surface area (Å²) in [7, 11) is 0. The number of rotatable bonds is 9. The lowest BCUT2D eigenvalue weighted by Gasteiger charge is -2.31. The van der Waals surface area contributed by atoms with E-state index in [1.165, 1.54) is 29.2 Å². The van der Waals surface area contributed by atoms with Gasteiger partial charge in [-0.1, -0.05) is 13.8 Å². The lowest BCUT2D eigenvalue weighted by Crippen LogP contribution is -2.46. The van der Waals surface area contributed by atoms with E-state index in [1.54, 1.807) is 26.0 Å². The van der Waals surface area contributed by atoms with E-state index in [4.69, 9.17) is 9.47 Å². The SMILES string of the molecule is CCCOC(=O)C(C(=O)OCCC)N(c1cc(C)cc(F)c1)c1cc(C)cc(F)c1. The van der Waals surface area contributed by atoms with Crippen molar-refractivity contribution >= 4 is 23.3 Å². The molecule has 2 aromatic rings. The summed E-state index contributed by atoms with van der Waals surface area (Å²) in [5.41, 5.74) is 1.57. The molecule has 0 spiro atoms. The van der Waals surface area contributed by atoms with Gasteiger partial charge < -0.3 is 14.4 Å². The van der Waals surface area contributed by atoms with Gasteiger partial charge in [-0.2, -0.15) is 0 Å². The molecule has 0 saturated heterocycles. The van der Waals surface area contributed by atoms with Gasteiger partial charge in [0.05, 0.1) is 13.2 Å². The van der Waals surface area contributed by atoms with Gasteiger partial charge in [-0.25, -0.2) is 18.4 Å². The maximum Gasteiger partial charge on any atom is 0.340 e. The molecule has 0 aliphatic heterocycles. The molecule has 0 fully saturated rings. The summed E-state index contributed by atoms with van der Waals surface area (Å²) < 4.78 is 38.9. The molecule has 0 aliphatic rings. The number of aryl methyl sites for hydroxylation is 2. The molecule has 0 aliphatic carbocycles. The van der Waals surface area contributed by atoms with Crippen LogP contribution in [0.3, 0.4) is 0 Å². The van der Waals surface area contributed by atoms with Crippen molar-refractivity contribution < 1.29 is 27.8 Å². The van der Waals surface area contributed by atoms with Gasteiger partial charge in [0.15, 0.2) is 0 Å². The fourth-order valence-corrected chi connectivity index (χ4v) is 3.03. The fraction of sp³-hybridized carbons (Fsp3) is 0.391. The van der Waals surface area contributed by atoms with Crippen LogP contribution in [0.15, 0.2) is 36.4 Å². The van der Waals surface area contributed by atoms with Crippen molar-refractivity contribution in [2.45, 2.75) is 46.6 Å². The molecular formula is C23H27F2NO4. The number of anilines is 2. The molecule has 162 valence electrons. The second-order valence-corrected chi connectivity index (χ2v) is 7.08. The molecule has 0 radical (unpaired) electrons. The smallest absolute Gasteiger partial charge is 0.340 e. The zero-order valence-corrected chi connectivity index (χ0v) is 17.7. The van der Waals surface area contributed by atoms with Gasteiger partial charge >= 0.3 is 11.9 Å². The molecule has 0 N–H and O–H groups in total. The van der Waals surface area contributed by atoms with Gasteiger partial charge in [-0.3, -0.25) is 0 Å². The Bertz CT molecular complexity index is 789. The predicted octanol–water partition coefficient (Wildman–Crippen LogP) is 4.99. The van der Waals surface area contributed by atoms with Crippen LogP contribution in [0.4, 0.5) is 20.2 Å². The average Bonchev–Trinajstić information content (AvgIpc) is 2.66. The van der Waals surface area contributed by atoms with Crippen LogP contribution in [-0.4, -0.2) is 31.2 Å². The first-order valence-corrected chi connectivity index (χ1v) is 9.93. The molecular weight excluding hydrogens is 392 g/mol. The molecule has 5 nitrogen and oxygen atoms in total. The summed E-state index contributed by atoms with van der Waals surface area (Å²) in [5, 5.41) is 0. The number of ether oxygens (including phenoxy) is 2. The minimum absolute atomic E-state index is 0.106. The summed E-state index contributed by atoms with van der Waals surface area (Å²) in [4.78, 5) is 27.0. The Balaban J connectivity index is 2.67.